The van der Waals surface area contributed by atoms with Crippen LogP contribution in [-0.2, 0) is 6.54 Å². The zero-order chi connectivity index (χ0) is 18.1. The first-order valence-corrected chi connectivity index (χ1v) is 8.09. The first kappa shape index (κ1) is 15.9. The summed E-state index contributed by atoms with van der Waals surface area (Å²) in [4.78, 5) is 16.4. The lowest BCUT2D eigenvalue weighted by Crippen LogP contribution is -2.23. The van der Waals surface area contributed by atoms with E-state index in [2.05, 4.69) is 25.7 Å². The molecule has 0 saturated carbocycles. The van der Waals surface area contributed by atoms with E-state index in [-0.39, 0.29) is 12.5 Å². The molecular weight excluding hydrogens is 332 g/mol. The maximum Gasteiger partial charge on any atom is 0.258 e. The third-order valence-corrected chi connectivity index (χ3v) is 3.98. The normalized spacial score (nSPS) is 11.0. The Labute approximate surface area is 148 Å². The number of aromatic nitrogens is 5. The second-order valence-corrected chi connectivity index (χ2v) is 5.96. The minimum atomic E-state index is -0.153. The Bertz CT molecular complexity index is 1080. The van der Waals surface area contributed by atoms with Crippen LogP contribution in [0.4, 0.5) is 0 Å². The van der Waals surface area contributed by atoms with E-state index in [1.807, 2.05) is 41.8 Å². The molecule has 3 heterocycles. The van der Waals surface area contributed by atoms with Gasteiger partial charge in [0.1, 0.15) is 0 Å². The molecule has 0 aliphatic rings. The molecule has 1 amide bonds. The number of rotatable bonds is 4. The van der Waals surface area contributed by atoms with Crippen molar-refractivity contribution in [2.75, 3.05) is 0 Å². The van der Waals surface area contributed by atoms with Crippen LogP contribution in [0.1, 0.15) is 27.6 Å². The second kappa shape index (κ2) is 6.40. The van der Waals surface area contributed by atoms with Crippen molar-refractivity contribution in [3.05, 3.63) is 65.4 Å². The highest BCUT2D eigenvalue weighted by molar-refractivity contribution is 5.94. The average molecular weight is 348 g/mol. The molecule has 0 aliphatic heterocycles. The summed E-state index contributed by atoms with van der Waals surface area (Å²) in [6.07, 6.45) is 1.82. The number of pyridine rings is 1. The van der Waals surface area contributed by atoms with Crippen LogP contribution in [0.2, 0.25) is 0 Å². The smallest absolute Gasteiger partial charge is 0.258 e. The number of fused-ring (bicyclic) bond motifs is 1. The van der Waals surface area contributed by atoms with Gasteiger partial charge in [0.25, 0.3) is 11.8 Å². The quantitative estimate of drug-likeness (QED) is 0.608. The van der Waals surface area contributed by atoms with Crippen molar-refractivity contribution in [3.8, 4) is 11.5 Å². The Balaban J connectivity index is 1.52. The maximum absolute atomic E-state index is 12.2. The van der Waals surface area contributed by atoms with Gasteiger partial charge in [0.15, 0.2) is 17.3 Å². The number of nitrogens with one attached hydrogen (secondary N) is 1. The number of carbonyl (C=O) groups is 1. The molecular formula is C18H16N6O2. The Morgan fingerprint density at radius 1 is 1.15 bits per heavy atom. The maximum atomic E-state index is 12.2. The molecule has 1 N–H and O–H groups in total. The minimum Gasteiger partial charge on any atom is -0.345 e. The van der Waals surface area contributed by atoms with Gasteiger partial charge in [-0.25, -0.2) is 0 Å². The molecule has 8 heteroatoms. The molecule has 26 heavy (non-hydrogen) atoms. The van der Waals surface area contributed by atoms with Gasteiger partial charge in [-0.3, -0.25) is 9.20 Å². The zero-order valence-corrected chi connectivity index (χ0v) is 14.3. The van der Waals surface area contributed by atoms with Crippen LogP contribution in [0.5, 0.6) is 0 Å². The van der Waals surface area contributed by atoms with Gasteiger partial charge in [-0.05, 0) is 38.1 Å². The standard InChI is InChI=1S/C18H16N6O2/c1-11-3-5-13(6-4-11)17(25)19-10-16-22-21-15-9-14(7-8-24(15)16)18-20-12(2)23-26-18/h3-9H,10H2,1-2H3,(H,19,25). The van der Waals surface area contributed by atoms with Crippen molar-refractivity contribution in [3.63, 3.8) is 0 Å². The molecule has 0 atom stereocenters. The van der Waals surface area contributed by atoms with Crippen LogP contribution >= 0.6 is 0 Å². The Hall–Kier alpha value is -3.55. The third kappa shape index (κ3) is 3.04. The van der Waals surface area contributed by atoms with Crippen LogP contribution in [0.25, 0.3) is 17.1 Å². The largest absolute Gasteiger partial charge is 0.345 e. The van der Waals surface area contributed by atoms with Crippen LogP contribution < -0.4 is 5.32 Å². The molecule has 0 unspecified atom stereocenters. The van der Waals surface area contributed by atoms with Crippen molar-refractivity contribution in [1.29, 1.82) is 0 Å². The summed E-state index contributed by atoms with van der Waals surface area (Å²) in [5, 5.41) is 14.9. The van der Waals surface area contributed by atoms with Gasteiger partial charge in [-0.2, -0.15) is 4.98 Å². The van der Waals surface area contributed by atoms with Crippen molar-refractivity contribution in [1.82, 2.24) is 30.1 Å². The van der Waals surface area contributed by atoms with Gasteiger partial charge >= 0.3 is 0 Å². The molecule has 0 bridgehead atoms. The van der Waals surface area contributed by atoms with E-state index in [1.165, 1.54) is 0 Å². The summed E-state index contributed by atoms with van der Waals surface area (Å²) in [5.74, 6) is 1.48. The van der Waals surface area contributed by atoms with Gasteiger partial charge in [-0.15, -0.1) is 10.2 Å². The summed E-state index contributed by atoms with van der Waals surface area (Å²) < 4.78 is 6.97. The molecule has 4 rings (SSSR count). The van der Waals surface area contributed by atoms with Crippen LogP contribution in [0.3, 0.4) is 0 Å². The Kier molecular flexibility index (Phi) is 3.92. The number of benzene rings is 1. The number of amides is 1. The minimum absolute atomic E-state index is 0.153. The lowest BCUT2D eigenvalue weighted by molar-refractivity contribution is 0.0950. The SMILES string of the molecule is Cc1ccc(C(=O)NCc2nnc3cc(-c4nc(C)no4)ccn23)cc1. The molecule has 8 nitrogen and oxygen atoms in total. The molecule has 130 valence electrons. The monoisotopic (exact) mass is 348 g/mol. The van der Waals surface area contributed by atoms with E-state index in [1.54, 1.807) is 19.1 Å². The van der Waals surface area contributed by atoms with Gasteiger partial charge in [-0.1, -0.05) is 22.9 Å². The van der Waals surface area contributed by atoms with Crippen molar-refractivity contribution < 1.29 is 9.32 Å². The predicted molar refractivity (Wildman–Crippen MR) is 93.4 cm³/mol. The average Bonchev–Trinajstić information content (AvgIpc) is 3.26. The fourth-order valence-corrected chi connectivity index (χ4v) is 2.57. The molecule has 0 aliphatic carbocycles. The van der Waals surface area contributed by atoms with Crippen LogP contribution in [-0.4, -0.2) is 30.6 Å². The van der Waals surface area contributed by atoms with E-state index in [9.17, 15) is 4.79 Å². The van der Waals surface area contributed by atoms with Crippen molar-refractivity contribution in [2.45, 2.75) is 20.4 Å². The summed E-state index contributed by atoms with van der Waals surface area (Å²) in [6, 6.07) is 11.1. The first-order chi connectivity index (χ1) is 12.6. The molecule has 0 radical (unpaired) electrons. The number of nitrogens with zero attached hydrogens (tertiary/aromatic N) is 5. The summed E-state index contributed by atoms with van der Waals surface area (Å²) in [5.41, 5.74) is 3.12. The number of hydrogen-bond donors (Lipinski definition) is 1. The molecule has 4 aromatic rings. The lowest BCUT2D eigenvalue weighted by Gasteiger charge is -2.05. The van der Waals surface area contributed by atoms with E-state index in [4.69, 9.17) is 4.52 Å². The molecule has 0 fully saturated rings. The Morgan fingerprint density at radius 3 is 2.69 bits per heavy atom. The fraction of sp³-hybridized carbons (Fsp3) is 0.167. The molecule has 1 aromatic carbocycles. The number of aryl methyl sites for hydroxylation is 2. The topological polar surface area (TPSA) is 98.2 Å². The van der Waals surface area contributed by atoms with E-state index in [0.717, 1.165) is 11.1 Å². The van der Waals surface area contributed by atoms with Gasteiger partial charge in [0, 0.05) is 17.3 Å². The fourth-order valence-electron chi connectivity index (χ4n) is 2.57. The molecule has 3 aromatic heterocycles. The highest BCUT2D eigenvalue weighted by atomic mass is 16.5. The summed E-state index contributed by atoms with van der Waals surface area (Å²) >= 11 is 0. The lowest BCUT2D eigenvalue weighted by atomic mass is 10.1. The summed E-state index contributed by atoms with van der Waals surface area (Å²) in [6.45, 7) is 4.01. The van der Waals surface area contributed by atoms with Crippen LogP contribution in [0, 0.1) is 13.8 Å². The summed E-state index contributed by atoms with van der Waals surface area (Å²) in [7, 11) is 0. The zero-order valence-electron chi connectivity index (χ0n) is 14.3. The van der Waals surface area contributed by atoms with E-state index in [0.29, 0.717) is 28.8 Å². The van der Waals surface area contributed by atoms with E-state index >= 15 is 0 Å². The van der Waals surface area contributed by atoms with Gasteiger partial charge < -0.3 is 9.84 Å². The number of hydrogen-bond acceptors (Lipinski definition) is 6. The van der Waals surface area contributed by atoms with Crippen LogP contribution in [0.15, 0.2) is 47.1 Å². The second-order valence-electron chi connectivity index (χ2n) is 5.96. The Morgan fingerprint density at radius 2 is 1.96 bits per heavy atom. The molecule has 0 spiro atoms. The van der Waals surface area contributed by atoms with Gasteiger partial charge in [0.05, 0.1) is 6.54 Å². The predicted octanol–water partition coefficient (Wildman–Crippen LogP) is 2.33. The van der Waals surface area contributed by atoms with E-state index < -0.39 is 0 Å². The first-order valence-electron chi connectivity index (χ1n) is 8.09. The highest BCUT2D eigenvalue weighted by Crippen LogP contribution is 2.18. The highest BCUT2D eigenvalue weighted by Gasteiger charge is 2.12. The van der Waals surface area contributed by atoms with Crippen molar-refractivity contribution in [2.24, 2.45) is 0 Å². The molecule has 0 saturated heterocycles. The van der Waals surface area contributed by atoms with Crippen molar-refractivity contribution >= 4 is 11.6 Å². The number of carbonyl (C=O) groups excluding carboxylic acids is 1. The van der Waals surface area contributed by atoms with Gasteiger partial charge in [0.2, 0.25) is 0 Å². The third-order valence-electron chi connectivity index (χ3n) is 3.98.